The minimum atomic E-state index is -1.61. The summed E-state index contributed by atoms with van der Waals surface area (Å²) in [4.78, 5) is 51.1. The number of nitrogens with zero attached hydrogens (tertiary/aromatic N) is 2. The second-order valence-electron chi connectivity index (χ2n) is 6.76. The zero-order valence-corrected chi connectivity index (χ0v) is 17.9. The lowest BCUT2D eigenvalue weighted by Gasteiger charge is -2.17. The van der Waals surface area contributed by atoms with Gasteiger partial charge in [-0.1, -0.05) is 23.2 Å². The highest BCUT2D eigenvalue weighted by Crippen LogP contribution is 2.31. The molecule has 31 heavy (non-hydrogen) atoms. The van der Waals surface area contributed by atoms with Crippen LogP contribution in [0.25, 0.3) is 0 Å². The fourth-order valence-corrected chi connectivity index (χ4v) is 3.57. The molecule has 2 aromatic carbocycles. The zero-order chi connectivity index (χ0) is 22.9. The molecular formula is C20H17Cl2N5O4. The molecule has 2 aromatic rings. The van der Waals surface area contributed by atoms with E-state index < -0.39 is 35.4 Å². The molecule has 160 valence electrons. The normalized spacial score (nSPS) is 17.2. The monoisotopic (exact) mass is 461 g/mol. The van der Waals surface area contributed by atoms with Crippen LogP contribution in [0.15, 0.2) is 41.5 Å². The number of primary amides is 1. The maximum atomic E-state index is 13.1. The average Bonchev–Trinajstić information content (AvgIpc) is 2.92. The van der Waals surface area contributed by atoms with Crippen LogP contribution in [-0.2, 0) is 14.4 Å². The lowest BCUT2D eigenvalue weighted by molar-refractivity contribution is -0.127. The molecule has 0 radical (unpaired) electrons. The first kappa shape index (κ1) is 22.3. The Bertz CT molecular complexity index is 1150. The summed E-state index contributed by atoms with van der Waals surface area (Å²) in [6.07, 6.45) is 0. The largest absolute Gasteiger partial charge is 0.350 e. The molecule has 0 aliphatic carbocycles. The third-order valence-electron chi connectivity index (χ3n) is 4.56. The van der Waals surface area contributed by atoms with E-state index in [1.807, 2.05) is 5.43 Å². The number of imide groups is 1. The first-order valence-corrected chi connectivity index (χ1v) is 9.70. The standard InChI is InChI=1S/C20H17Cl2N5O4/c1-9-7-11(21)3-5-13(9)24-17(28)15-16(25-26-20(23)31)19(30)27(18(15)29)14-6-4-12(22)8-10(14)2/h3-8,15H,1-2H3,(H,24,28)(H3,23,26,31)/b25-16-. The Morgan fingerprint density at radius 2 is 1.65 bits per heavy atom. The zero-order valence-electron chi connectivity index (χ0n) is 16.4. The van der Waals surface area contributed by atoms with E-state index in [0.717, 1.165) is 4.90 Å². The van der Waals surface area contributed by atoms with Gasteiger partial charge in [-0.25, -0.2) is 15.1 Å². The fraction of sp³-hybridized carbons (Fsp3) is 0.150. The number of halogens is 2. The lowest BCUT2D eigenvalue weighted by atomic mass is 10.0. The van der Waals surface area contributed by atoms with Crippen molar-refractivity contribution in [2.24, 2.45) is 16.8 Å². The molecule has 0 spiro atoms. The predicted octanol–water partition coefficient (Wildman–Crippen LogP) is 2.76. The van der Waals surface area contributed by atoms with Gasteiger partial charge in [-0.15, -0.1) is 0 Å². The Morgan fingerprint density at radius 1 is 1.03 bits per heavy atom. The number of rotatable bonds is 4. The van der Waals surface area contributed by atoms with Crippen LogP contribution in [0.5, 0.6) is 0 Å². The number of carbonyl (C=O) groups is 4. The van der Waals surface area contributed by atoms with Crippen LogP contribution in [0.2, 0.25) is 10.0 Å². The highest BCUT2D eigenvalue weighted by molar-refractivity contribution is 6.61. The SMILES string of the molecule is Cc1cc(Cl)ccc1NC(=O)C1C(=O)N(c2ccc(Cl)cc2C)C(=O)/C1=N\NC(N)=O. The van der Waals surface area contributed by atoms with Gasteiger partial charge in [0.15, 0.2) is 5.92 Å². The molecular weight excluding hydrogens is 445 g/mol. The van der Waals surface area contributed by atoms with Gasteiger partial charge in [0.2, 0.25) is 5.91 Å². The van der Waals surface area contributed by atoms with E-state index >= 15 is 0 Å². The summed E-state index contributed by atoms with van der Waals surface area (Å²) in [6.45, 7) is 3.38. The van der Waals surface area contributed by atoms with Crippen molar-refractivity contribution in [2.75, 3.05) is 10.2 Å². The van der Waals surface area contributed by atoms with Crippen LogP contribution in [-0.4, -0.2) is 29.5 Å². The summed E-state index contributed by atoms with van der Waals surface area (Å²) in [5.41, 5.74) is 8.29. The Morgan fingerprint density at radius 3 is 2.23 bits per heavy atom. The summed E-state index contributed by atoms with van der Waals surface area (Å²) in [7, 11) is 0. The van der Waals surface area contributed by atoms with Gasteiger partial charge in [0.25, 0.3) is 11.8 Å². The third kappa shape index (κ3) is 4.52. The van der Waals surface area contributed by atoms with Crippen molar-refractivity contribution in [3.63, 3.8) is 0 Å². The van der Waals surface area contributed by atoms with Crippen LogP contribution in [0, 0.1) is 19.8 Å². The molecule has 1 atom stereocenters. The van der Waals surface area contributed by atoms with Gasteiger partial charge in [-0.05, 0) is 61.4 Å². The highest BCUT2D eigenvalue weighted by atomic mass is 35.5. The van der Waals surface area contributed by atoms with E-state index in [1.54, 1.807) is 38.1 Å². The summed E-state index contributed by atoms with van der Waals surface area (Å²) < 4.78 is 0. The van der Waals surface area contributed by atoms with E-state index in [1.165, 1.54) is 12.1 Å². The number of urea groups is 1. The van der Waals surface area contributed by atoms with Gasteiger partial charge in [0.05, 0.1) is 5.69 Å². The summed E-state index contributed by atoms with van der Waals surface area (Å²) in [6, 6.07) is 8.27. The molecule has 1 aliphatic heterocycles. The number of hydrogen-bond donors (Lipinski definition) is 3. The Balaban J connectivity index is 2.02. The van der Waals surface area contributed by atoms with E-state index in [9.17, 15) is 19.2 Å². The molecule has 1 saturated heterocycles. The van der Waals surface area contributed by atoms with Gasteiger partial charge >= 0.3 is 6.03 Å². The maximum Gasteiger partial charge on any atom is 0.332 e. The number of aryl methyl sites for hydroxylation is 2. The molecule has 5 amide bonds. The van der Waals surface area contributed by atoms with Crippen molar-refractivity contribution in [3.8, 4) is 0 Å². The first-order valence-electron chi connectivity index (χ1n) is 8.94. The van der Waals surface area contributed by atoms with Gasteiger partial charge in [-0.3, -0.25) is 14.4 Å². The summed E-state index contributed by atoms with van der Waals surface area (Å²) >= 11 is 11.9. The third-order valence-corrected chi connectivity index (χ3v) is 5.03. The lowest BCUT2D eigenvalue weighted by Crippen LogP contribution is -2.35. The summed E-state index contributed by atoms with van der Waals surface area (Å²) in [5, 5.41) is 7.12. The molecule has 9 nitrogen and oxygen atoms in total. The van der Waals surface area contributed by atoms with Gasteiger partial charge in [0.1, 0.15) is 5.71 Å². The number of nitrogens with two attached hydrogens (primary N) is 1. The second kappa shape index (κ2) is 8.75. The van der Waals surface area contributed by atoms with Crippen LogP contribution >= 0.6 is 23.2 Å². The summed E-state index contributed by atoms with van der Waals surface area (Å²) in [5.74, 6) is -4.10. The van der Waals surface area contributed by atoms with Crippen LogP contribution in [0.4, 0.5) is 16.2 Å². The number of hydrogen-bond acceptors (Lipinski definition) is 5. The van der Waals surface area contributed by atoms with Gasteiger partial charge in [-0.2, -0.15) is 5.10 Å². The van der Waals surface area contributed by atoms with Crippen LogP contribution < -0.4 is 21.4 Å². The minimum absolute atomic E-state index is 0.240. The highest BCUT2D eigenvalue weighted by Gasteiger charge is 2.50. The van der Waals surface area contributed by atoms with Gasteiger partial charge in [0, 0.05) is 15.7 Å². The smallest absolute Gasteiger partial charge is 0.332 e. The molecule has 1 aliphatic rings. The van der Waals surface area contributed by atoms with Crippen molar-refractivity contribution in [1.82, 2.24) is 5.43 Å². The van der Waals surface area contributed by atoms with Crippen molar-refractivity contribution in [3.05, 3.63) is 57.6 Å². The van der Waals surface area contributed by atoms with Crippen molar-refractivity contribution < 1.29 is 19.2 Å². The van der Waals surface area contributed by atoms with E-state index in [0.29, 0.717) is 26.9 Å². The van der Waals surface area contributed by atoms with Crippen molar-refractivity contribution >= 4 is 64.0 Å². The van der Waals surface area contributed by atoms with Crippen molar-refractivity contribution in [1.29, 1.82) is 0 Å². The van der Waals surface area contributed by atoms with Crippen molar-refractivity contribution in [2.45, 2.75) is 13.8 Å². The van der Waals surface area contributed by atoms with E-state index in [-0.39, 0.29) is 5.69 Å². The molecule has 4 N–H and O–H groups in total. The molecule has 11 heteroatoms. The Kier molecular flexibility index (Phi) is 6.28. The molecule has 0 saturated carbocycles. The molecule has 1 unspecified atom stereocenters. The number of nitrogens with one attached hydrogen (secondary N) is 2. The molecule has 3 rings (SSSR count). The second-order valence-corrected chi connectivity index (χ2v) is 7.64. The molecule has 0 bridgehead atoms. The van der Waals surface area contributed by atoms with Gasteiger partial charge < -0.3 is 11.1 Å². The van der Waals surface area contributed by atoms with E-state index in [4.69, 9.17) is 28.9 Å². The Hall–Kier alpha value is -3.43. The number of benzene rings is 2. The average molecular weight is 462 g/mol. The number of amides is 5. The quantitative estimate of drug-likeness (QED) is 0.366. The van der Waals surface area contributed by atoms with Crippen LogP contribution in [0.3, 0.4) is 0 Å². The van der Waals surface area contributed by atoms with E-state index in [2.05, 4.69) is 10.4 Å². The predicted molar refractivity (Wildman–Crippen MR) is 117 cm³/mol. The number of hydrazone groups is 1. The topological polar surface area (TPSA) is 134 Å². The van der Waals surface area contributed by atoms with Crippen LogP contribution in [0.1, 0.15) is 11.1 Å². The molecule has 1 fully saturated rings. The molecule has 1 heterocycles. The molecule has 0 aromatic heterocycles. The number of anilines is 2. The fourth-order valence-electron chi connectivity index (χ4n) is 3.12. The minimum Gasteiger partial charge on any atom is -0.350 e. The number of carbonyl (C=O) groups excluding carboxylic acids is 4. The first-order chi connectivity index (χ1) is 14.6. The Labute approximate surface area is 187 Å². The maximum absolute atomic E-state index is 13.1.